The highest BCUT2D eigenvalue weighted by Crippen LogP contribution is 2.29. The van der Waals surface area contributed by atoms with Gasteiger partial charge in [-0.2, -0.15) is 0 Å². The number of nitrogens with one attached hydrogen (secondary N) is 1. The first kappa shape index (κ1) is 18.6. The number of amides is 1. The summed E-state index contributed by atoms with van der Waals surface area (Å²) in [6.07, 6.45) is 0. The Kier molecular flexibility index (Phi) is 6.25. The topological polar surface area (TPSA) is 73.9 Å². The molecule has 0 bridgehead atoms. The zero-order valence-electron chi connectivity index (χ0n) is 14.1. The second kappa shape index (κ2) is 8.39. The number of aryl methyl sites for hydroxylation is 1. The van der Waals surface area contributed by atoms with E-state index in [1.165, 1.54) is 14.2 Å². The van der Waals surface area contributed by atoms with Crippen LogP contribution in [-0.2, 0) is 9.53 Å². The van der Waals surface area contributed by atoms with Crippen molar-refractivity contribution in [3.8, 4) is 11.5 Å². The predicted molar refractivity (Wildman–Crippen MR) is 94.6 cm³/mol. The number of benzene rings is 2. The van der Waals surface area contributed by atoms with Gasteiger partial charge in [-0.05, 0) is 36.8 Å². The van der Waals surface area contributed by atoms with Crippen molar-refractivity contribution in [2.75, 3.05) is 26.1 Å². The molecule has 0 unspecified atom stereocenters. The van der Waals surface area contributed by atoms with E-state index in [1.807, 2.05) is 6.92 Å². The van der Waals surface area contributed by atoms with E-state index in [1.54, 1.807) is 36.4 Å². The van der Waals surface area contributed by atoms with Crippen LogP contribution in [0, 0.1) is 6.92 Å². The number of esters is 1. The van der Waals surface area contributed by atoms with Crippen LogP contribution in [0.4, 0.5) is 5.69 Å². The van der Waals surface area contributed by atoms with Crippen LogP contribution < -0.4 is 14.8 Å². The van der Waals surface area contributed by atoms with Gasteiger partial charge in [0, 0.05) is 10.7 Å². The standard InChI is InChI=1S/C18H18ClNO5/c1-11-7-8-12(19)9-13(11)20-16(21)10-25-18(22)17-14(23-2)5-4-6-15(17)24-3/h4-9H,10H2,1-3H3,(H,20,21). The average molecular weight is 364 g/mol. The maximum absolute atomic E-state index is 12.3. The molecule has 25 heavy (non-hydrogen) atoms. The summed E-state index contributed by atoms with van der Waals surface area (Å²) in [7, 11) is 2.86. The van der Waals surface area contributed by atoms with E-state index < -0.39 is 18.5 Å². The largest absolute Gasteiger partial charge is 0.496 e. The molecule has 0 fully saturated rings. The van der Waals surface area contributed by atoms with Gasteiger partial charge >= 0.3 is 5.97 Å². The van der Waals surface area contributed by atoms with E-state index in [0.29, 0.717) is 22.2 Å². The molecule has 132 valence electrons. The van der Waals surface area contributed by atoms with Gasteiger partial charge in [-0.15, -0.1) is 0 Å². The molecule has 2 rings (SSSR count). The number of carbonyl (C=O) groups excluding carboxylic acids is 2. The summed E-state index contributed by atoms with van der Waals surface area (Å²) in [5.41, 5.74) is 1.53. The SMILES string of the molecule is COc1cccc(OC)c1C(=O)OCC(=O)Nc1cc(Cl)ccc1C. The number of carbonyl (C=O) groups is 2. The van der Waals surface area contributed by atoms with Gasteiger partial charge in [0.2, 0.25) is 0 Å². The minimum Gasteiger partial charge on any atom is -0.496 e. The Bertz CT molecular complexity index is 769. The number of anilines is 1. The van der Waals surface area contributed by atoms with Crippen molar-refractivity contribution in [2.45, 2.75) is 6.92 Å². The average Bonchev–Trinajstić information content (AvgIpc) is 2.61. The molecule has 0 radical (unpaired) electrons. The smallest absolute Gasteiger partial charge is 0.346 e. The lowest BCUT2D eigenvalue weighted by Gasteiger charge is -2.13. The highest BCUT2D eigenvalue weighted by molar-refractivity contribution is 6.31. The summed E-state index contributed by atoms with van der Waals surface area (Å²) in [4.78, 5) is 24.3. The van der Waals surface area contributed by atoms with Crippen LogP contribution in [0.2, 0.25) is 5.02 Å². The van der Waals surface area contributed by atoms with Gasteiger partial charge in [-0.25, -0.2) is 4.79 Å². The summed E-state index contributed by atoms with van der Waals surface area (Å²) in [5, 5.41) is 3.15. The Morgan fingerprint density at radius 3 is 2.32 bits per heavy atom. The molecular weight excluding hydrogens is 346 g/mol. The maximum atomic E-state index is 12.3. The van der Waals surface area contributed by atoms with Gasteiger partial charge in [0.15, 0.2) is 6.61 Å². The Hall–Kier alpha value is -2.73. The number of halogens is 1. The zero-order valence-corrected chi connectivity index (χ0v) is 14.8. The summed E-state index contributed by atoms with van der Waals surface area (Å²) >= 11 is 5.91. The summed E-state index contributed by atoms with van der Waals surface area (Å²) in [6.45, 7) is 1.38. The monoisotopic (exact) mass is 363 g/mol. The molecule has 0 saturated carbocycles. The van der Waals surface area contributed by atoms with Gasteiger partial charge in [0.05, 0.1) is 14.2 Å². The van der Waals surface area contributed by atoms with Crippen LogP contribution in [0.1, 0.15) is 15.9 Å². The van der Waals surface area contributed by atoms with Crippen molar-refractivity contribution in [3.63, 3.8) is 0 Å². The third-order valence-corrected chi connectivity index (χ3v) is 3.68. The number of methoxy groups -OCH3 is 2. The van der Waals surface area contributed by atoms with Crippen LogP contribution in [0.3, 0.4) is 0 Å². The first-order valence-corrected chi connectivity index (χ1v) is 7.78. The molecule has 0 heterocycles. The predicted octanol–water partition coefficient (Wildman–Crippen LogP) is 3.46. The number of hydrogen-bond donors (Lipinski definition) is 1. The normalized spacial score (nSPS) is 10.1. The van der Waals surface area contributed by atoms with Crippen LogP contribution in [-0.4, -0.2) is 32.7 Å². The summed E-state index contributed by atoms with van der Waals surface area (Å²) in [5.74, 6) is -0.592. The van der Waals surface area contributed by atoms with Crippen molar-refractivity contribution in [1.29, 1.82) is 0 Å². The third kappa shape index (κ3) is 4.64. The Morgan fingerprint density at radius 1 is 1.08 bits per heavy atom. The minimum absolute atomic E-state index is 0.124. The molecule has 0 aliphatic heterocycles. The van der Waals surface area contributed by atoms with Crippen LogP contribution in [0.5, 0.6) is 11.5 Å². The fourth-order valence-corrected chi connectivity index (χ4v) is 2.34. The van der Waals surface area contributed by atoms with Crippen molar-refractivity contribution in [1.82, 2.24) is 0 Å². The molecule has 7 heteroatoms. The fraction of sp³-hybridized carbons (Fsp3) is 0.222. The third-order valence-electron chi connectivity index (χ3n) is 3.44. The Labute approximate surface area is 150 Å². The molecular formula is C18H18ClNO5. The summed E-state index contributed by atoms with van der Waals surface area (Å²) < 4.78 is 15.4. The van der Waals surface area contributed by atoms with Gasteiger partial charge < -0.3 is 19.5 Å². The van der Waals surface area contributed by atoms with E-state index in [9.17, 15) is 9.59 Å². The number of ether oxygens (including phenoxy) is 3. The molecule has 1 N–H and O–H groups in total. The van der Waals surface area contributed by atoms with E-state index in [0.717, 1.165) is 5.56 Å². The Balaban J connectivity index is 2.05. The van der Waals surface area contributed by atoms with Crippen LogP contribution in [0.25, 0.3) is 0 Å². The van der Waals surface area contributed by atoms with E-state index >= 15 is 0 Å². The first-order chi connectivity index (χ1) is 12.0. The van der Waals surface area contributed by atoms with Gasteiger partial charge in [0.1, 0.15) is 17.1 Å². The highest BCUT2D eigenvalue weighted by Gasteiger charge is 2.20. The maximum Gasteiger partial charge on any atom is 0.346 e. The molecule has 6 nitrogen and oxygen atoms in total. The lowest BCUT2D eigenvalue weighted by molar-refractivity contribution is -0.119. The number of hydrogen-bond acceptors (Lipinski definition) is 5. The first-order valence-electron chi connectivity index (χ1n) is 7.40. The quantitative estimate of drug-likeness (QED) is 0.795. The molecule has 1 amide bonds. The van der Waals surface area contributed by atoms with Gasteiger partial charge in [0.25, 0.3) is 5.91 Å². The molecule has 0 saturated heterocycles. The van der Waals surface area contributed by atoms with E-state index in [2.05, 4.69) is 5.32 Å². The molecule has 0 atom stereocenters. The van der Waals surface area contributed by atoms with E-state index in [4.69, 9.17) is 25.8 Å². The molecule has 0 aliphatic rings. The minimum atomic E-state index is -0.715. The van der Waals surface area contributed by atoms with Crippen molar-refractivity contribution in [2.24, 2.45) is 0 Å². The lowest BCUT2D eigenvalue weighted by Crippen LogP contribution is -2.21. The molecule has 2 aromatic carbocycles. The van der Waals surface area contributed by atoms with Gasteiger partial charge in [-0.3, -0.25) is 4.79 Å². The summed E-state index contributed by atoms with van der Waals surface area (Å²) in [6, 6.07) is 10.0. The lowest BCUT2D eigenvalue weighted by atomic mass is 10.2. The second-order valence-electron chi connectivity index (χ2n) is 5.12. The van der Waals surface area contributed by atoms with Crippen molar-refractivity contribution < 1.29 is 23.8 Å². The van der Waals surface area contributed by atoms with Crippen molar-refractivity contribution >= 4 is 29.2 Å². The van der Waals surface area contributed by atoms with Crippen molar-refractivity contribution in [3.05, 3.63) is 52.5 Å². The van der Waals surface area contributed by atoms with Gasteiger partial charge in [-0.1, -0.05) is 23.7 Å². The molecule has 2 aromatic rings. The molecule has 0 aliphatic carbocycles. The number of rotatable bonds is 6. The molecule has 0 aromatic heterocycles. The zero-order chi connectivity index (χ0) is 18.4. The second-order valence-corrected chi connectivity index (χ2v) is 5.56. The molecule has 0 spiro atoms. The van der Waals surface area contributed by atoms with Crippen LogP contribution >= 0.6 is 11.6 Å². The van der Waals surface area contributed by atoms with Crippen LogP contribution in [0.15, 0.2) is 36.4 Å². The van der Waals surface area contributed by atoms with E-state index in [-0.39, 0.29) is 5.56 Å². The fourth-order valence-electron chi connectivity index (χ4n) is 2.17. The highest BCUT2D eigenvalue weighted by atomic mass is 35.5. The Morgan fingerprint density at radius 2 is 1.72 bits per heavy atom.